The highest BCUT2D eigenvalue weighted by molar-refractivity contribution is 9.10. The number of nitrogens with zero attached hydrogens (tertiary/aromatic N) is 1. The smallest absolute Gasteiger partial charge is 0.127 e. The molecule has 2 aromatic rings. The van der Waals surface area contributed by atoms with E-state index in [0.29, 0.717) is 18.7 Å². The molecule has 0 fully saturated rings. The molecule has 0 radical (unpaired) electrons. The largest absolute Gasteiger partial charge is 0.398 e. The minimum absolute atomic E-state index is 0.166. The van der Waals surface area contributed by atoms with Crippen LogP contribution in [0.4, 0.5) is 10.1 Å². The molecule has 0 bridgehead atoms. The Hall–Kier alpha value is -1.39. The van der Waals surface area contributed by atoms with E-state index in [2.05, 4.69) is 20.8 Å². The normalized spacial score (nSPS) is 10.9. The van der Waals surface area contributed by atoms with Gasteiger partial charge in [-0.25, -0.2) is 4.39 Å². The number of hydrogen-bond donors (Lipinski definition) is 1. The van der Waals surface area contributed by atoms with Crippen molar-refractivity contribution in [3.05, 3.63) is 63.9 Å². The van der Waals surface area contributed by atoms with Crippen LogP contribution in [0.25, 0.3) is 0 Å². The summed E-state index contributed by atoms with van der Waals surface area (Å²) < 4.78 is 14.5. The van der Waals surface area contributed by atoms with E-state index >= 15 is 0 Å². The van der Waals surface area contributed by atoms with Crippen molar-refractivity contribution >= 4 is 21.6 Å². The van der Waals surface area contributed by atoms with E-state index in [1.807, 2.05) is 31.3 Å². The maximum atomic E-state index is 13.6. The molecule has 2 nitrogen and oxygen atoms in total. The zero-order valence-electron chi connectivity index (χ0n) is 10.7. The third-order valence-corrected chi connectivity index (χ3v) is 3.91. The summed E-state index contributed by atoms with van der Waals surface area (Å²) in [5.74, 6) is -0.166. The lowest BCUT2D eigenvalue weighted by Gasteiger charge is -2.18. The zero-order chi connectivity index (χ0) is 13.8. The molecular weight excluding hydrogens is 307 g/mol. The maximum Gasteiger partial charge on any atom is 0.127 e. The van der Waals surface area contributed by atoms with Crippen LogP contribution in [-0.4, -0.2) is 11.9 Å². The lowest BCUT2D eigenvalue weighted by Crippen LogP contribution is -2.18. The Labute approximate surface area is 121 Å². The van der Waals surface area contributed by atoms with Crippen LogP contribution in [0.15, 0.2) is 46.9 Å². The van der Waals surface area contributed by atoms with Crippen LogP contribution < -0.4 is 5.73 Å². The predicted molar refractivity (Wildman–Crippen MR) is 80.1 cm³/mol. The van der Waals surface area contributed by atoms with Crippen molar-refractivity contribution in [2.24, 2.45) is 0 Å². The summed E-state index contributed by atoms with van der Waals surface area (Å²) in [5.41, 5.74) is 8.36. The SMILES string of the molecule is CN(Cc1ccccc1F)Cc1cccc(N)c1Br. The summed E-state index contributed by atoms with van der Waals surface area (Å²) >= 11 is 3.48. The van der Waals surface area contributed by atoms with Gasteiger partial charge in [0, 0.05) is 28.8 Å². The summed E-state index contributed by atoms with van der Waals surface area (Å²) in [6.45, 7) is 1.27. The van der Waals surface area contributed by atoms with Gasteiger partial charge < -0.3 is 5.73 Å². The lowest BCUT2D eigenvalue weighted by atomic mass is 10.1. The Balaban J connectivity index is 2.08. The molecule has 0 aliphatic rings. The first-order chi connectivity index (χ1) is 9.08. The molecule has 0 heterocycles. The molecule has 2 rings (SSSR count). The highest BCUT2D eigenvalue weighted by atomic mass is 79.9. The molecule has 0 saturated heterocycles. The Kier molecular flexibility index (Phi) is 4.56. The van der Waals surface area contributed by atoms with Gasteiger partial charge in [0.2, 0.25) is 0 Å². The topological polar surface area (TPSA) is 29.3 Å². The van der Waals surface area contributed by atoms with Gasteiger partial charge in [-0.1, -0.05) is 30.3 Å². The number of hydrogen-bond acceptors (Lipinski definition) is 2. The monoisotopic (exact) mass is 322 g/mol. The van der Waals surface area contributed by atoms with Crippen LogP contribution in [0.2, 0.25) is 0 Å². The number of anilines is 1. The maximum absolute atomic E-state index is 13.6. The van der Waals surface area contributed by atoms with Crippen LogP contribution in [0, 0.1) is 5.82 Å². The molecule has 0 aliphatic carbocycles. The Bertz CT molecular complexity index is 572. The summed E-state index contributed by atoms with van der Waals surface area (Å²) in [6.07, 6.45) is 0. The predicted octanol–water partition coefficient (Wildman–Crippen LogP) is 3.80. The molecule has 0 saturated carbocycles. The van der Waals surface area contributed by atoms with Crippen molar-refractivity contribution in [1.82, 2.24) is 4.90 Å². The van der Waals surface area contributed by atoms with Crippen molar-refractivity contribution in [3.8, 4) is 0 Å². The van der Waals surface area contributed by atoms with E-state index < -0.39 is 0 Å². The molecule has 0 aromatic heterocycles. The number of halogens is 2. The van der Waals surface area contributed by atoms with E-state index in [9.17, 15) is 4.39 Å². The molecular formula is C15H16BrFN2. The summed E-state index contributed by atoms with van der Waals surface area (Å²) in [5, 5.41) is 0. The highest BCUT2D eigenvalue weighted by Gasteiger charge is 2.08. The Morgan fingerprint density at radius 3 is 2.42 bits per heavy atom. The average molecular weight is 323 g/mol. The van der Waals surface area contributed by atoms with Crippen LogP contribution in [0.3, 0.4) is 0 Å². The van der Waals surface area contributed by atoms with Crippen LogP contribution >= 0.6 is 15.9 Å². The average Bonchev–Trinajstić information content (AvgIpc) is 2.38. The van der Waals surface area contributed by atoms with Gasteiger partial charge in [-0.15, -0.1) is 0 Å². The second kappa shape index (κ2) is 6.17. The summed E-state index contributed by atoms with van der Waals surface area (Å²) in [7, 11) is 1.96. The first kappa shape index (κ1) is 14.0. The van der Waals surface area contributed by atoms with Gasteiger partial charge in [-0.05, 0) is 40.7 Å². The van der Waals surface area contributed by atoms with Gasteiger partial charge >= 0.3 is 0 Å². The summed E-state index contributed by atoms with van der Waals surface area (Å²) in [6, 6.07) is 12.6. The van der Waals surface area contributed by atoms with Crippen molar-refractivity contribution < 1.29 is 4.39 Å². The van der Waals surface area contributed by atoms with Gasteiger partial charge in [-0.3, -0.25) is 4.90 Å². The number of rotatable bonds is 4. The second-order valence-electron chi connectivity index (χ2n) is 4.58. The van der Waals surface area contributed by atoms with Crippen molar-refractivity contribution in [2.75, 3.05) is 12.8 Å². The molecule has 0 aliphatic heterocycles. The van der Waals surface area contributed by atoms with E-state index in [1.165, 1.54) is 6.07 Å². The van der Waals surface area contributed by atoms with E-state index in [1.54, 1.807) is 12.1 Å². The van der Waals surface area contributed by atoms with Crippen LogP contribution in [0.5, 0.6) is 0 Å². The summed E-state index contributed by atoms with van der Waals surface area (Å²) in [4.78, 5) is 2.05. The highest BCUT2D eigenvalue weighted by Crippen LogP contribution is 2.25. The lowest BCUT2D eigenvalue weighted by molar-refractivity contribution is 0.313. The van der Waals surface area contributed by atoms with E-state index in [4.69, 9.17) is 5.73 Å². The molecule has 4 heteroatoms. The fourth-order valence-electron chi connectivity index (χ4n) is 1.99. The van der Waals surface area contributed by atoms with Crippen LogP contribution in [0.1, 0.15) is 11.1 Å². The third-order valence-electron chi connectivity index (χ3n) is 2.95. The molecule has 100 valence electrons. The van der Waals surface area contributed by atoms with Gasteiger partial charge in [0.05, 0.1) is 0 Å². The third kappa shape index (κ3) is 3.55. The zero-order valence-corrected chi connectivity index (χ0v) is 12.3. The standard InChI is InChI=1S/C15H16BrFN2/c1-19(9-11-5-2-3-7-13(11)17)10-12-6-4-8-14(18)15(12)16/h2-8H,9-10,18H2,1H3. The van der Waals surface area contributed by atoms with Crippen molar-refractivity contribution in [3.63, 3.8) is 0 Å². The van der Waals surface area contributed by atoms with Crippen LogP contribution in [-0.2, 0) is 13.1 Å². The molecule has 0 unspecified atom stereocenters. The first-order valence-electron chi connectivity index (χ1n) is 6.02. The van der Waals surface area contributed by atoms with Gasteiger partial charge in [0.15, 0.2) is 0 Å². The molecule has 2 N–H and O–H groups in total. The number of nitrogen functional groups attached to an aromatic ring is 1. The van der Waals surface area contributed by atoms with E-state index in [-0.39, 0.29) is 5.82 Å². The van der Waals surface area contributed by atoms with E-state index in [0.717, 1.165) is 15.7 Å². The van der Waals surface area contributed by atoms with Gasteiger partial charge in [0.25, 0.3) is 0 Å². The van der Waals surface area contributed by atoms with Gasteiger partial charge in [0.1, 0.15) is 5.82 Å². The quantitative estimate of drug-likeness (QED) is 0.867. The molecule has 2 aromatic carbocycles. The van der Waals surface area contributed by atoms with Crippen molar-refractivity contribution in [2.45, 2.75) is 13.1 Å². The minimum atomic E-state index is -0.166. The molecule has 0 amide bonds. The molecule has 0 atom stereocenters. The molecule has 0 spiro atoms. The fourth-order valence-corrected chi connectivity index (χ4v) is 2.38. The number of benzene rings is 2. The first-order valence-corrected chi connectivity index (χ1v) is 6.82. The Morgan fingerprint density at radius 1 is 1.05 bits per heavy atom. The fraction of sp³-hybridized carbons (Fsp3) is 0.200. The molecule has 19 heavy (non-hydrogen) atoms. The minimum Gasteiger partial charge on any atom is -0.398 e. The Morgan fingerprint density at radius 2 is 1.68 bits per heavy atom. The van der Waals surface area contributed by atoms with Gasteiger partial charge in [-0.2, -0.15) is 0 Å². The van der Waals surface area contributed by atoms with Crippen molar-refractivity contribution in [1.29, 1.82) is 0 Å². The number of nitrogens with two attached hydrogens (primary N) is 1. The second-order valence-corrected chi connectivity index (χ2v) is 5.38.